The summed E-state index contributed by atoms with van der Waals surface area (Å²) in [7, 11) is 0. The van der Waals surface area contributed by atoms with Gasteiger partial charge in [-0.3, -0.25) is 0 Å². The summed E-state index contributed by atoms with van der Waals surface area (Å²) in [6.45, 7) is 0. The van der Waals surface area contributed by atoms with Crippen LogP contribution in [0.5, 0.6) is 0 Å². The zero-order valence-corrected chi connectivity index (χ0v) is 29.6. The summed E-state index contributed by atoms with van der Waals surface area (Å²) in [5.74, 6) is 0. The fourth-order valence-corrected chi connectivity index (χ4v) is 7.89. The molecule has 2 nitrogen and oxygen atoms in total. The Bertz CT molecular complexity index is 2910. The third-order valence-corrected chi connectivity index (χ3v) is 10.5. The second kappa shape index (κ2) is 13.4. The number of furan rings is 1. The molecule has 54 heavy (non-hydrogen) atoms. The monoisotopic (exact) mass is 689 g/mol. The van der Waals surface area contributed by atoms with Crippen LogP contribution in [0.3, 0.4) is 0 Å². The maximum Gasteiger partial charge on any atom is 0.136 e. The Morgan fingerprint density at radius 1 is 0.315 bits per heavy atom. The van der Waals surface area contributed by atoms with Gasteiger partial charge in [0, 0.05) is 27.7 Å². The van der Waals surface area contributed by atoms with Crippen LogP contribution >= 0.6 is 0 Å². The van der Waals surface area contributed by atoms with Crippen molar-refractivity contribution in [2.75, 3.05) is 4.90 Å². The van der Waals surface area contributed by atoms with E-state index in [4.69, 9.17) is 4.42 Å². The van der Waals surface area contributed by atoms with Crippen LogP contribution in [0.15, 0.2) is 217 Å². The molecule has 0 atom stereocenters. The molecule has 10 rings (SSSR count). The highest BCUT2D eigenvalue weighted by molar-refractivity contribution is 6.16. The molecular formula is C52H35NO. The van der Waals surface area contributed by atoms with Crippen molar-refractivity contribution in [3.05, 3.63) is 212 Å². The van der Waals surface area contributed by atoms with E-state index < -0.39 is 0 Å². The minimum Gasteiger partial charge on any atom is -0.456 e. The number of benzene rings is 9. The number of anilines is 3. The van der Waals surface area contributed by atoms with E-state index in [0.29, 0.717) is 0 Å². The molecule has 0 unspecified atom stereocenters. The summed E-state index contributed by atoms with van der Waals surface area (Å²) < 4.78 is 6.55. The lowest BCUT2D eigenvalue weighted by atomic mass is 9.93. The molecular weight excluding hydrogens is 655 g/mol. The Morgan fingerprint density at radius 3 is 1.59 bits per heavy atom. The van der Waals surface area contributed by atoms with Crippen molar-refractivity contribution in [2.24, 2.45) is 0 Å². The molecule has 9 aromatic carbocycles. The number of fused-ring (bicyclic) bond motifs is 4. The predicted molar refractivity (Wildman–Crippen MR) is 228 cm³/mol. The SMILES string of the molecule is c1ccc(-c2ccc(N(c3ccc(-c4ccccc4)c(-c4ccccc4)c3)c3ccccc3-c3cccc4oc5cc6ccccc6cc5c34)cc2)cc1. The Kier molecular flexibility index (Phi) is 7.85. The van der Waals surface area contributed by atoms with Crippen LogP contribution in [0.2, 0.25) is 0 Å². The first-order chi connectivity index (χ1) is 26.8. The summed E-state index contributed by atoms with van der Waals surface area (Å²) in [6.07, 6.45) is 0. The van der Waals surface area contributed by atoms with Crippen LogP contribution in [-0.4, -0.2) is 0 Å². The standard InChI is InChI=1S/C52H35NO/c1-4-15-36(16-5-1)37-27-29-42(30-28-37)53(43-31-32-44(38-17-6-2-7-18-38)47(35-43)39-19-8-3-9-20-39)49-25-13-12-23-45(49)46-24-14-26-50-52(46)48-33-40-21-10-11-22-41(40)34-51(48)54-50/h1-35H. The van der Waals surface area contributed by atoms with E-state index in [9.17, 15) is 0 Å². The predicted octanol–water partition coefficient (Wildman–Crippen LogP) is 14.9. The smallest absolute Gasteiger partial charge is 0.136 e. The topological polar surface area (TPSA) is 16.4 Å². The highest BCUT2D eigenvalue weighted by Gasteiger charge is 2.22. The van der Waals surface area contributed by atoms with Gasteiger partial charge >= 0.3 is 0 Å². The van der Waals surface area contributed by atoms with Gasteiger partial charge in [-0.05, 0) is 98.2 Å². The molecule has 0 aliphatic heterocycles. The van der Waals surface area contributed by atoms with Gasteiger partial charge in [-0.25, -0.2) is 0 Å². The third-order valence-electron chi connectivity index (χ3n) is 10.5. The van der Waals surface area contributed by atoms with Gasteiger partial charge in [0.25, 0.3) is 0 Å². The van der Waals surface area contributed by atoms with Gasteiger partial charge in [0.15, 0.2) is 0 Å². The summed E-state index contributed by atoms with van der Waals surface area (Å²) in [5.41, 5.74) is 14.4. The fraction of sp³-hybridized carbons (Fsp3) is 0. The summed E-state index contributed by atoms with van der Waals surface area (Å²) >= 11 is 0. The van der Waals surface area contributed by atoms with Crippen molar-refractivity contribution >= 4 is 49.8 Å². The lowest BCUT2D eigenvalue weighted by Gasteiger charge is -2.29. The molecule has 0 fully saturated rings. The lowest BCUT2D eigenvalue weighted by molar-refractivity contribution is 0.669. The number of para-hydroxylation sites is 1. The van der Waals surface area contributed by atoms with Crippen LogP contribution in [0.1, 0.15) is 0 Å². The average Bonchev–Trinajstić information content (AvgIpc) is 3.62. The summed E-state index contributed by atoms with van der Waals surface area (Å²) in [4.78, 5) is 2.40. The van der Waals surface area contributed by atoms with Gasteiger partial charge in [-0.15, -0.1) is 0 Å². The van der Waals surface area contributed by atoms with Crippen molar-refractivity contribution in [1.82, 2.24) is 0 Å². The van der Waals surface area contributed by atoms with Gasteiger partial charge in [0.05, 0.1) is 5.69 Å². The maximum atomic E-state index is 6.55. The summed E-state index contributed by atoms with van der Waals surface area (Å²) in [6, 6.07) is 75.9. The Morgan fingerprint density at radius 2 is 0.870 bits per heavy atom. The number of hydrogen-bond acceptors (Lipinski definition) is 2. The Balaban J connectivity index is 1.21. The third kappa shape index (κ3) is 5.62. The molecule has 0 radical (unpaired) electrons. The first-order valence-corrected chi connectivity index (χ1v) is 18.4. The molecule has 0 saturated heterocycles. The first-order valence-electron chi connectivity index (χ1n) is 18.4. The van der Waals surface area contributed by atoms with Crippen molar-refractivity contribution in [3.63, 3.8) is 0 Å². The van der Waals surface area contributed by atoms with Crippen LogP contribution in [0.4, 0.5) is 17.1 Å². The van der Waals surface area contributed by atoms with E-state index in [2.05, 4.69) is 217 Å². The number of rotatable bonds is 7. The van der Waals surface area contributed by atoms with Gasteiger partial charge < -0.3 is 9.32 Å². The normalized spacial score (nSPS) is 11.3. The summed E-state index contributed by atoms with van der Waals surface area (Å²) in [5, 5.41) is 4.60. The van der Waals surface area contributed by atoms with Crippen molar-refractivity contribution in [2.45, 2.75) is 0 Å². The molecule has 0 N–H and O–H groups in total. The van der Waals surface area contributed by atoms with Gasteiger partial charge in [0.2, 0.25) is 0 Å². The largest absolute Gasteiger partial charge is 0.456 e. The zero-order chi connectivity index (χ0) is 35.8. The molecule has 1 heterocycles. The van der Waals surface area contributed by atoms with Gasteiger partial charge in [0.1, 0.15) is 11.2 Å². The van der Waals surface area contributed by atoms with E-state index in [1.54, 1.807) is 0 Å². The lowest BCUT2D eigenvalue weighted by Crippen LogP contribution is -2.11. The Hall–Kier alpha value is -7.16. The van der Waals surface area contributed by atoms with Crippen molar-refractivity contribution in [3.8, 4) is 44.5 Å². The fourth-order valence-electron chi connectivity index (χ4n) is 7.89. The molecule has 10 aromatic rings. The molecule has 1 aromatic heterocycles. The number of hydrogen-bond donors (Lipinski definition) is 0. The molecule has 254 valence electrons. The van der Waals surface area contributed by atoms with Crippen LogP contribution in [0.25, 0.3) is 77.2 Å². The van der Waals surface area contributed by atoms with Gasteiger partial charge in [-0.2, -0.15) is 0 Å². The molecule has 0 aliphatic rings. The second-order valence-corrected chi connectivity index (χ2v) is 13.7. The molecule has 2 heteroatoms. The van der Waals surface area contributed by atoms with Crippen LogP contribution in [0, 0.1) is 0 Å². The average molecular weight is 690 g/mol. The Labute approximate surface area is 314 Å². The molecule has 0 saturated carbocycles. The highest BCUT2D eigenvalue weighted by atomic mass is 16.3. The van der Waals surface area contributed by atoms with Gasteiger partial charge in [-0.1, -0.05) is 164 Å². The van der Waals surface area contributed by atoms with E-state index >= 15 is 0 Å². The quantitative estimate of drug-likeness (QED) is 0.166. The molecule has 0 aliphatic carbocycles. The zero-order valence-electron chi connectivity index (χ0n) is 29.6. The first kappa shape index (κ1) is 31.6. The molecule has 0 spiro atoms. The van der Waals surface area contributed by atoms with Crippen molar-refractivity contribution in [1.29, 1.82) is 0 Å². The second-order valence-electron chi connectivity index (χ2n) is 13.7. The van der Waals surface area contributed by atoms with Crippen LogP contribution in [-0.2, 0) is 0 Å². The van der Waals surface area contributed by atoms with E-state index in [1.807, 2.05) is 0 Å². The van der Waals surface area contributed by atoms with Crippen molar-refractivity contribution < 1.29 is 4.42 Å². The molecule has 0 bridgehead atoms. The highest BCUT2D eigenvalue weighted by Crippen LogP contribution is 2.47. The van der Waals surface area contributed by atoms with E-state index in [1.165, 1.54) is 44.2 Å². The van der Waals surface area contributed by atoms with E-state index in [-0.39, 0.29) is 0 Å². The number of nitrogens with zero attached hydrogens (tertiary/aromatic N) is 1. The molecule has 0 amide bonds. The van der Waals surface area contributed by atoms with E-state index in [0.717, 1.165) is 50.1 Å². The minimum atomic E-state index is 0.880. The maximum absolute atomic E-state index is 6.55. The minimum absolute atomic E-state index is 0.880. The van der Waals surface area contributed by atoms with Crippen LogP contribution < -0.4 is 4.90 Å².